The van der Waals surface area contributed by atoms with Gasteiger partial charge in [0.05, 0.1) is 23.6 Å². The van der Waals surface area contributed by atoms with Crippen molar-refractivity contribution in [2.24, 2.45) is 0 Å². The van der Waals surface area contributed by atoms with Crippen LogP contribution in [-0.4, -0.2) is 77.6 Å². The van der Waals surface area contributed by atoms with E-state index < -0.39 is 9.84 Å². The summed E-state index contributed by atoms with van der Waals surface area (Å²) in [5, 5.41) is 5.39. The lowest BCUT2D eigenvalue weighted by Crippen LogP contribution is -2.52. The van der Waals surface area contributed by atoms with Gasteiger partial charge in [-0.1, -0.05) is 54.1 Å². The molecular weight excluding hydrogens is 472 g/mol. The first-order valence-electron chi connectivity index (χ1n) is 11.5. The number of sulfone groups is 1. The van der Waals surface area contributed by atoms with Crippen LogP contribution in [0.2, 0.25) is 5.02 Å². The number of nitrogens with zero attached hydrogens (tertiary/aromatic N) is 4. The molecule has 2 saturated heterocycles. The van der Waals surface area contributed by atoms with Crippen LogP contribution in [-0.2, 0) is 16.4 Å². The first-order valence-corrected chi connectivity index (χ1v) is 13.7. The lowest BCUT2D eigenvalue weighted by molar-refractivity contribution is 0.0588. The van der Waals surface area contributed by atoms with Gasteiger partial charge in [-0.15, -0.1) is 0 Å². The van der Waals surface area contributed by atoms with Gasteiger partial charge in [0.2, 0.25) is 0 Å². The minimum atomic E-state index is -2.92. The van der Waals surface area contributed by atoms with Crippen LogP contribution in [0.3, 0.4) is 0 Å². The van der Waals surface area contributed by atoms with E-state index in [9.17, 15) is 13.2 Å². The fraction of sp³-hybridized carbons (Fsp3) is 0.360. The summed E-state index contributed by atoms with van der Waals surface area (Å²) in [6.45, 7) is 3.07. The molecular formula is C25H27ClN4O3S. The number of piperazine rings is 1. The molecule has 5 rings (SSSR count). The quantitative estimate of drug-likeness (QED) is 0.540. The predicted octanol–water partition coefficient (Wildman–Crippen LogP) is 3.20. The average molecular weight is 499 g/mol. The molecule has 0 unspecified atom stereocenters. The normalized spacial score (nSPS) is 20.5. The van der Waals surface area contributed by atoms with Crippen LogP contribution in [0.25, 0.3) is 11.3 Å². The molecule has 0 aliphatic carbocycles. The van der Waals surface area contributed by atoms with E-state index in [1.165, 1.54) is 0 Å². The standard InChI is InChI=1S/C25H27ClN4O3S/c26-21-8-6-20(7-9-21)24-23(17-30(27-24)16-19-4-2-1-3-5-19)25(31)29-13-11-28(12-14-29)22-10-15-34(32,33)18-22/h1-9,17,22H,10-16,18H2/t22-/m0/s1. The topological polar surface area (TPSA) is 75.5 Å². The molecule has 1 amide bonds. The van der Waals surface area contributed by atoms with Crippen LogP contribution in [0.4, 0.5) is 0 Å². The molecule has 2 fully saturated rings. The van der Waals surface area contributed by atoms with Crippen molar-refractivity contribution in [3.8, 4) is 11.3 Å². The van der Waals surface area contributed by atoms with Gasteiger partial charge in [0, 0.05) is 49.0 Å². The smallest absolute Gasteiger partial charge is 0.257 e. The highest BCUT2D eigenvalue weighted by atomic mass is 35.5. The van der Waals surface area contributed by atoms with Gasteiger partial charge in [-0.3, -0.25) is 14.4 Å². The van der Waals surface area contributed by atoms with Crippen molar-refractivity contribution in [3.63, 3.8) is 0 Å². The highest BCUT2D eigenvalue weighted by Crippen LogP contribution is 2.26. The lowest BCUT2D eigenvalue weighted by Gasteiger charge is -2.37. The highest BCUT2D eigenvalue weighted by Gasteiger charge is 2.35. The van der Waals surface area contributed by atoms with Crippen LogP contribution in [0.15, 0.2) is 60.8 Å². The van der Waals surface area contributed by atoms with Gasteiger partial charge < -0.3 is 4.90 Å². The Morgan fingerprint density at radius 3 is 2.35 bits per heavy atom. The number of carbonyl (C=O) groups excluding carboxylic acids is 1. The van der Waals surface area contributed by atoms with E-state index in [2.05, 4.69) is 4.90 Å². The molecule has 0 saturated carbocycles. The van der Waals surface area contributed by atoms with E-state index in [0.717, 1.165) is 11.1 Å². The van der Waals surface area contributed by atoms with Crippen LogP contribution in [0.5, 0.6) is 0 Å². The van der Waals surface area contributed by atoms with E-state index >= 15 is 0 Å². The van der Waals surface area contributed by atoms with Crippen molar-refractivity contribution in [1.82, 2.24) is 19.6 Å². The Balaban J connectivity index is 1.36. The molecule has 0 bridgehead atoms. The molecule has 2 aliphatic heterocycles. The van der Waals surface area contributed by atoms with E-state index in [1.54, 1.807) is 12.1 Å². The molecule has 3 aromatic rings. The minimum absolute atomic E-state index is 0.0528. The van der Waals surface area contributed by atoms with Gasteiger partial charge in [-0.05, 0) is 24.1 Å². The van der Waals surface area contributed by atoms with Crippen molar-refractivity contribution in [3.05, 3.63) is 76.9 Å². The first kappa shape index (κ1) is 23.1. The molecule has 0 spiro atoms. The number of benzene rings is 2. The Morgan fingerprint density at radius 1 is 1.00 bits per heavy atom. The number of aromatic nitrogens is 2. The summed E-state index contributed by atoms with van der Waals surface area (Å²) < 4.78 is 25.5. The number of rotatable bonds is 5. The molecule has 0 radical (unpaired) electrons. The second kappa shape index (κ2) is 9.52. The van der Waals surface area contributed by atoms with Gasteiger partial charge in [0.25, 0.3) is 5.91 Å². The Morgan fingerprint density at radius 2 is 1.71 bits per heavy atom. The molecule has 2 aliphatic rings. The fourth-order valence-electron chi connectivity index (χ4n) is 4.77. The molecule has 7 nitrogen and oxygen atoms in total. The van der Waals surface area contributed by atoms with Crippen molar-refractivity contribution in [2.45, 2.75) is 19.0 Å². The highest BCUT2D eigenvalue weighted by molar-refractivity contribution is 7.91. The van der Waals surface area contributed by atoms with Gasteiger partial charge in [0.1, 0.15) is 5.69 Å². The molecule has 178 valence electrons. The van der Waals surface area contributed by atoms with Gasteiger partial charge >= 0.3 is 0 Å². The summed E-state index contributed by atoms with van der Waals surface area (Å²) in [6.07, 6.45) is 2.51. The van der Waals surface area contributed by atoms with Gasteiger partial charge in [-0.2, -0.15) is 5.10 Å². The van der Waals surface area contributed by atoms with E-state index in [1.807, 2.05) is 58.2 Å². The third-order valence-corrected chi connectivity index (χ3v) is 8.63. The predicted molar refractivity (Wildman–Crippen MR) is 133 cm³/mol. The van der Waals surface area contributed by atoms with E-state index in [-0.39, 0.29) is 23.5 Å². The molecule has 1 aromatic heterocycles. The minimum Gasteiger partial charge on any atom is -0.336 e. The average Bonchev–Trinajstić information content (AvgIpc) is 3.43. The lowest BCUT2D eigenvalue weighted by atomic mass is 10.1. The molecule has 0 N–H and O–H groups in total. The summed E-state index contributed by atoms with van der Waals surface area (Å²) >= 11 is 6.08. The van der Waals surface area contributed by atoms with Crippen molar-refractivity contribution in [2.75, 3.05) is 37.7 Å². The number of halogens is 1. The Labute approximate surface area is 204 Å². The van der Waals surface area contributed by atoms with Crippen LogP contribution in [0, 0.1) is 0 Å². The Bertz CT molecular complexity index is 1270. The molecule has 3 heterocycles. The summed E-state index contributed by atoms with van der Waals surface area (Å²) in [5.74, 6) is 0.443. The Kier molecular flexibility index (Phi) is 6.46. The summed E-state index contributed by atoms with van der Waals surface area (Å²) in [6, 6.07) is 17.5. The largest absolute Gasteiger partial charge is 0.336 e. The zero-order valence-electron chi connectivity index (χ0n) is 18.8. The number of hydrogen-bond acceptors (Lipinski definition) is 5. The Hall–Kier alpha value is -2.68. The molecule has 1 atom stereocenters. The number of amides is 1. The van der Waals surface area contributed by atoms with Gasteiger partial charge in [0.15, 0.2) is 9.84 Å². The van der Waals surface area contributed by atoms with Gasteiger partial charge in [-0.25, -0.2) is 8.42 Å². The third-order valence-electron chi connectivity index (χ3n) is 6.62. The fourth-order valence-corrected chi connectivity index (χ4v) is 6.66. The van der Waals surface area contributed by atoms with Crippen molar-refractivity contribution < 1.29 is 13.2 Å². The van der Waals surface area contributed by atoms with E-state index in [4.69, 9.17) is 16.7 Å². The molecule has 34 heavy (non-hydrogen) atoms. The zero-order valence-corrected chi connectivity index (χ0v) is 20.4. The van der Waals surface area contributed by atoms with Crippen LogP contribution >= 0.6 is 11.6 Å². The van der Waals surface area contributed by atoms with Crippen molar-refractivity contribution in [1.29, 1.82) is 0 Å². The number of carbonyl (C=O) groups is 1. The second-order valence-corrected chi connectivity index (χ2v) is 11.6. The summed E-state index contributed by atoms with van der Waals surface area (Å²) in [5.41, 5.74) is 3.15. The summed E-state index contributed by atoms with van der Waals surface area (Å²) in [7, 11) is -2.92. The van der Waals surface area contributed by atoms with Crippen molar-refractivity contribution >= 4 is 27.3 Å². The van der Waals surface area contributed by atoms with E-state index in [0.29, 0.717) is 55.4 Å². The monoisotopic (exact) mass is 498 g/mol. The zero-order chi connectivity index (χ0) is 23.7. The van der Waals surface area contributed by atoms with Crippen LogP contribution < -0.4 is 0 Å². The maximum Gasteiger partial charge on any atom is 0.257 e. The van der Waals surface area contributed by atoms with Crippen LogP contribution in [0.1, 0.15) is 22.3 Å². The second-order valence-electron chi connectivity index (χ2n) is 8.97. The maximum absolute atomic E-state index is 13.6. The third kappa shape index (κ3) is 5.04. The maximum atomic E-state index is 13.6. The molecule has 9 heteroatoms. The molecule has 2 aromatic carbocycles. The summed E-state index contributed by atoms with van der Waals surface area (Å²) in [4.78, 5) is 17.7. The SMILES string of the molecule is O=C(c1cn(Cc2ccccc2)nc1-c1ccc(Cl)cc1)N1CCN([C@H]2CCS(=O)(=O)C2)CC1. The number of hydrogen-bond donors (Lipinski definition) is 0. The first-order chi connectivity index (χ1) is 16.4.